The maximum atomic E-state index is 12.7. The van der Waals surface area contributed by atoms with E-state index in [1.807, 2.05) is 28.6 Å². The Bertz CT molecular complexity index is 1190. The number of hydrogen-bond donors (Lipinski definition) is 4. The molecule has 4 rings (SSSR count). The summed E-state index contributed by atoms with van der Waals surface area (Å²) < 4.78 is 40.1. The molecule has 0 saturated carbocycles. The van der Waals surface area contributed by atoms with Crippen LogP contribution >= 0.6 is 11.9 Å². The zero-order valence-corrected chi connectivity index (χ0v) is 19.2. The molecular weight excluding hydrogens is 481 g/mol. The molecule has 1 aliphatic heterocycles. The number of piperidine rings is 1. The molecule has 1 saturated heterocycles. The molecule has 1 aliphatic rings. The first-order valence-corrected chi connectivity index (χ1v) is 11.4. The number of carbonyl (C=O) groups is 1. The van der Waals surface area contributed by atoms with Gasteiger partial charge in [-0.15, -0.1) is 0 Å². The number of carbonyl (C=O) groups excluding carboxylic acids is 1. The summed E-state index contributed by atoms with van der Waals surface area (Å²) in [6.07, 6.45) is -2.23. The molecule has 0 bridgehead atoms. The van der Waals surface area contributed by atoms with E-state index in [-0.39, 0.29) is 23.2 Å². The van der Waals surface area contributed by atoms with Gasteiger partial charge in [-0.1, -0.05) is 12.1 Å². The number of aliphatic hydroxyl groups is 1. The molecule has 12 heteroatoms. The van der Waals surface area contributed by atoms with Crippen molar-refractivity contribution in [1.82, 2.24) is 14.3 Å². The highest BCUT2D eigenvalue weighted by Crippen LogP contribution is 2.31. The van der Waals surface area contributed by atoms with E-state index in [1.165, 1.54) is 18.0 Å². The van der Waals surface area contributed by atoms with Crippen molar-refractivity contribution in [2.45, 2.75) is 29.6 Å². The lowest BCUT2D eigenvalue weighted by Crippen LogP contribution is -2.47. The number of alkyl halides is 3. The van der Waals surface area contributed by atoms with Crippen LogP contribution in [-0.2, 0) is 6.18 Å². The van der Waals surface area contributed by atoms with E-state index in [1.54, 1.807) is 12.3 Å². The van der Waals surface area contributed by atoms with E-state index >= 15 is 0 Å². The summed E-state index contributed by atoms with van der Waals surface area (Å²) in [5, 5.41) is 13.6. The maximum absolute atomic E-state index is 12.7. The van der Waals surface area contributed by atoms with E-state index < -0.39 is 23.8 Å². The number of rotatable bonds is 6. The first-order valence-electron chi connectivity index (χ1n) is 10.7. The molecule has 3 heterocycles. The number of halogens is 3. The average Bonchev–Trinajstić information content (AvgIpc) is 2.81. The number of hydrogen-bond acceptors (Lipinski definition) is 8. The molecule has 2 aromatic heterocycles. The molecular formula is C23H23F3N6O2S. The number of nitrogens with two attached hydrogens (primary N) is 2. The fourth-order valence-electron chi connectivity index (χ4n) is 3.68. The highest BCUT2D eigenvalue weighted by molar-refractivity contribution is 7.97. The predicted molar refractivity (Wildman–Crippen MR) is 127 cm³/mol. The first kappa shape index (κ1) is 24.8. The highest BCUT2D eigenvalue weighted by atomic mass is 32.2. The molecule has 0 spiro atoms. The van der Waals surface area contributed by atoms with Gasteiger partial charge >= 0.3 is 6.18 Å². The van der Waals surface area contributed by atoms with Crippen LogP contribution < -0.4 is 16.8 Å². The predicted octanol–water partition coefficient (Wildman–Crippen LogP) is 3.40. The zero-order chi connectivity index (χ0) is 25.2. The van der Waals surface area contributed by atoms with Crippen LogP contribution in [0.15, 0.2) is 59.8 Å². The van der Waals surface area contributed by atoms with Crippen molar-refractivity contribution in [3.63, 3.8) is 0 Å². The third-order valence-corrected chi connectivity index (χ3v) is 6.65. The molecule has 1 amide bonds. The van der Waals surface area contributed by atoms with Crippen LogP contribution in [-0.4, -0.2) is 50.5 Å². The van der Waals surface area contributed by atoms with E-state index in [4.69, 9.17) is 11.5 Å². The Kier molecular flexibility index (Phi) is 7.15. The zero-order valence-electron chi connectivity index (χ0n) is 18.4. The number of aliphatic hydroxyl groups excluding tert-OH is 1. The van der Waals surface area contributed by atoms with Crippen molar-refractivity contribution < 1.29 is 23.1 Å². The van der Waals surface area contributed by atoms with Gasteiger partial charge in [0.15, 0.2) is 0 Å². The van der Waals surface area contributed by atoms with Gasteiger partial charge in [-0.3, -0.25) is 4.79 Å². The van der Waals surface area contributed by atoms with Gasteiger partial charge in [0.2, 0.25) is 0 Å². The number of nitrogens with zero attached hydrogens (tertiary/aromatic N) is 3. The standard InChI is InChI=1S/C23H23F3N6O2S/c24-23(25,26)15-3-6-20(29-11-15)31-18-7-8-32(12-19(18)33)35-16-4-1-13(2-5-16)14-9-17(22(28)34)21(27)30-10-14/h1-6,9-11,18-19,33H,7-8,12H2,(H2,27,30)(H2,28,34)(H,29,31). The number of aromatic nitrogens is 2. The Morgan fingerprint density at radius 2 is 1.86 bits per heavy atom. The van der Waals surface area contributed by atoms with Crippen molar-refractivity contribution in [1.29, 1.82) is 0 Å². The minimum absolute atomic E-state index is 0.0824. The minimum atomic E-state index is -4.44. The third kappa shape index (κ3) is 6.02. The number of nitrogens with one attached hydrogen (secondary N) is 1. The molecule has 1 aromatic carbocycles. The number of pyridine rings is 2. The molecule has 2 unspecified atom stereocenters. The summed E-state index contributed by atoms with van der Waals surface area (Å²) >= 11 is 1.49. The third-order valence-electron chi connectivity index (χ3n) is 5.57. The van der Waals surface area contributed by atoms with Crippen LogP contribution in [0, 0.1) is 0 Å². The Labute approximate surface area is 203 Å². The van der Waals surface area contributed by atoms with Gasteiger partial charge in [-0.25, -0.2) is 14.3 Å². The number of primary amides is 1. The first-order chi connectivity index (χ1) is 16.6. The fourth-order valence-corrected chi connectivity index (χ4v) is 4.66. The Morgan fingerprint density at radius 3 is 2.46 bits per heavy atom. The quantitative estimate of drug-likeness (QED) is 0.376. The van der Waals surface area contributed by atoms with Crippen LogP contribution in [0.3, 0.4) is 0 Å². The molecule has 3 aromatic rings. The van der Waals surface area contributed by atoms with E-state index in [9.17, 15) is 23.1 Å². The molecule has 8 nitrogen and oxygen atoms in total. The molecule has 0 radical (unpaired) electrons. The van der Waals surface area contributed by atoms with Gasteiger partial charge in [0, 0.05) is 35.9 Å². The second-order valence-corrected chi connectivity index (χ2v) is 9.23. The summed E-state index contributed by atoms with van der Waals surface area (Å²) in [7, 11) is 0. The van der Waals surface area contributed by atoms with Gasteiger partial charge in [0.1, 0.15) is 11.6 Å². The Morgan fingerprint density at radius 1 is 1.11 bits per heavy atom. The van der Waals surface area contributed by atoms with E-state index in [2.05, 4.69) is 15.3 Å². The van der Waals surface area contributed by atoms with Crippen LogP contribution in [0.25, 0.3) is 11.1 Å². The SMILES string of the molecule is NC(=O)c1cc(-c2ccc(SN3CCC(Nc4ccc(C(F)(F)F)cn4)C(O)C3)cc2)cnc1N. The fraction of sp³-hybridized carbons (Fsp3) is 0.261. The van der Waals surface area contributed by atoms with Crippen LogP contribution in [0.2, 0.25) is 0 Å². The topological polar surface area (TPSA) is 130 Å². The molecule has 0 aliphatic carbocycles. The number of β-amino-alcohol motifs (C(OH)–C–C–N with tert-alkyl or cyclic N) is 1. The number of nitrogen functional groups attached to an aromatic ring is 1. The number of amides is 1. The van der Waals surface area contributed by atoms with Crippen LogP contribution in [0.1, 0.15) is 22.3 Å². The number of anilines is 2. The second kappa shape index (κ2) is 10.1. The van der Waals surface area contributed by atoms with Crippen molar-refractivity contribution in [2.24, 2.45) is 5.73 Å². The summed E-state index contributed by atoms with van der Waals surface area (Å²) in [6.45, 7) is 1.03. The van der Waals surface area contributed by atoms with Crippen molar-refractivity contribution in [2.75, 3.05) is 24.1 Å². The lowest BCUT2D eigenvalue weighted by atomic mass is 10.0. The normalized spacial score (nSPS) is 18.9. The molecule has 35 heavy (non-hydrogen) atoms. The molecule has 2 atom stereocenters. The summed E-state index contributed by atoms with van der Waals surface area (Å²) in [5.74, 6) is -0.274. The molecule has 6 N–H and O–H groups in total. The summed E-state index contributed by atoms with van der Waals surface area (Å²) in [6, 6.07) is 11.1. The van der Waals surface area contributed by atoms with Crippen molar-refractivity contribution >= 4 is 29.5 Å². The Hall–Kier alpha value is -3.35. The monoisotopic (exact) mass is 504 g/mol. The van der Waals surface area contributed by atoms with Crippen LogP contribution in [0.4, 0.5) is 24.8 Å². The summed E-state index contributed by atoms with van der Waals surface area (Å²) in [4.78, 5) is 20.3. The van der Waals surface area contributed by atoms with Gasteiger partial charge in [-0.05, 0) is 54.3 Å². The molecule has 1 fully saturated rings. The maximum Gasteiger partial charge on any atom is 0.417 e. The van der Waals surface area contributed by atoms with E-state index in [0.29, 0.717) is 25.1 Å². The highest BCUT2D eigenvalue weighted by Gasteiger charge is 2.31. The lowest BCUT2D eigenvalue weighted by molar-refractivity contribution is -0.137. The van der Waals surface area contributed by atoms with Crippen molar-refractivity contribution in [3.05, 3.63) is 66.0 Å². The minimum Gasteiger partial charge on any atom is -0.390 e. The second-order valence-electron chi connectivity index (χ2n) is 8.06. The molecule has 184 valence electrons. The Balaban J connectivity index is 1.33. The van der Waals surface area contributed by atoms with Crippen LogP contribution in [0.5, 0.6) is 0 Å². The van der Waals surface area contributed by atoms with Gasteiger partial charge in [-0.2, -0.15) is 13.2 Å². The van der Waals surface area contributed by atoms with Gasteiger partial charge < -0.3 is 21.9 Å². The average molecular weight is 505 g/mol. The van der Waals surface area contributed by atoms with E-state index in [0.717, 1.165) is 22.7 Å². The number of benzene rings is 1. The lowest BCUT2D eigenvalue weighted by Gasteiger charge is -2.35. The van der Waals surface area contributed by atoms with Crippen molar-refractivity contribution in [3.8, 4) is 11.1 Å². The smallest absolute Gasteiger partial charge is 0.390 e. The largest absolute Gasteiger partial charge is 0.417 e. The summed E-state index contributed by atoms with van der Waals surface area (Å²) in [5.41, 5.74) is 11.9. The van der Waals surface area contributed by atoms with Gasteiger partial charge in [0.25, 0.3) is 5.91 Å². The van der Waals surface area contributed by atoms with Gasteiger partial charge in [0.05, 0.1) is 23.3 Å².